The van der Waals surface area contributed by atoms with Gasteiger partial charge in [-0.2, -0.15) is 0 Å². The normalized spacial score (nSPS) is 11.1. The molecule has 1 aromatic rings. The maximum atomic E-state index is 2.32. The van der Waals surface area contributed by atoms with Crippen LogP contribution in [0.2, 0.25) is 0 Å². The molecule has 0 aromatic heterocycles. The molecule has 0 N–H and O–H groups in total. The molecule has 0 fully saturated rings. The molecule has 0 aliphatic rings. The van der Waals surface area contributed by atoms with Gasteiger partial charge in [0.1, 0.15) is 0 Å². The third-order valence-corrected chi connectivity index (χ3v) is 4.51. The molecule has 74 valence electrons. The Morgan fingerprint density at radius 2 is 1.62 bits per heavy atom. The van der Waals surface area contributed by atoms with Gasteiger partial charge in [-0.1, -0.05) is 0 Å². The average Bonchev–Trinajstić information content (AvgIpc) is 2.21. The van der Waals surface area contributed by atoms with Crippen LogP contribution in [0.3, 0.4) is 0 Å². The van der Waals surface area contributed by atoms with Gasteiger partial charge in [-0.05, 0) is 0 Å². The van der Waals surface area contributed by atoms with E-state index in [-0.39, 0.29) is 21.2 Å². The summed E-state index contributed by atoms with van der Waals surface area (Å²) < 4.78 is 1.55. The van der Waals surface area contributed by atoms with E-state index >= 15 is 0 Å². The molecule has 0 saturated carbocycles. The van der Waals surface area contributed by atoms with Crippen LogP contribution in [0.15, 0.2) is 24.3 Å². The molecule has 1 aromatic carbocycles. The fraction of sp³-hybridized carbons (Fsp3) is 0.500. The van der Waals surface area contributed by atoms with Crippen LogP contribution in [0.25, 0.3) is 0 Å². The summed E-state index contributed by atoms with van der Waals surface area (Å²) in [5.41, 5.74) is 1.52. The van der Waals surface area contributed by atoms with Crippen LogP contribution in [-0.4, -0.2) is 4.93 Å². The van der Waals surface area contributed by atoms with Crippen molar-refractivity contribution in [3.8, 4) is 0 Å². The van der Waals surface area contributed by atoms with Gasteiger partial charge in [0.25, 0.3) is 0 Å². The van der Waals surface area contributed by atoms with Gasteiger partial charge in [0.15, 0.2) is 0 Å². The number of halogens is 1. The molecular formula is C12H18I-. The number of alkyl halides is 1. The number of rotatable bonds is 4. The Bertz CT molecular complexity index is 234. The Kier molecular flexibility index (Phi) is 4.78. The van der Waals surface area contributed by atoms with E-state index in [1.165, 1.54) is 18.4 Å². The Labute approximate surface area is 92.0 Å². The van der Waals surface area contributed by atoms with Crippen LogP contribution >= 0.6 is 0 Å². The van der Waals surface area contributed by atoms with Gasteiger partial charge in [0.05, 0.1) is 0 Å². The van der Waals surface area contributed by atoms with Crippen molar-refractivity contribution in [3.63, 3.8) is 0 Å². The Morgan fingerprint density at radius 1 is 1.08 bits per heavy atom. The van der Waals surface area contributed by atoms with Crippen LogP contribution in [-0.2, 0) is 0 Å². The van der Waals surface area contributed by atoms with E-state index in [9.17, 15) is 0 Å². The zero-order valence-corrected chi connectivity index (χ0v) is 10.8. The van der Waals surface area contributed by atoms with Crippen LogP contribution in [0, 0.1) is 3.57 Å². The summed E-state index contributed by atoms with van der Waals surface area (Å²) >= 11 is 0.268. The predicted molar refractivity (Wildman–Crippen MR) is 54.4 cm³/mol. The van der Waals surface area contributed by atoms with Crippen molar-refractivity contribution < 1.29 is 21.2 Å². The van der Waals surface area contributed by atoms with E-state index in [0.717, 1.165) is 5.92 Å². The fourth-order valence-corrected chi connectivity index (χ4v) is 2.70. The SMILES string of the molecule is CCC(CC)c1ccc([I-]C)cc1. The second-order valence-electron chi connectivity index (χ2n) is 3.25. The van der Waals surface area contributed by atoms with E-state index < -0.39 is 0 Å². The summed E-state index contributed by atoms with van der Waals surface area (Å²) in [5.74, 6) is 0.768. The number of benzene rings is 1. The fourth-order valence-electron chi connectivity index (χ4n) is 1.62. The van der Waals surface area contributed by atoms with Crippen molar-refractivity contribution in [2.75, 3.05) is 4.93 Å². The van der Waals surface area contributed by atoms with E-state index in [1.54, 1.807) is 3.57 Å². The summed E-state index contributed by atoms with van der Waals surface area (Å²) in [5, 5.41) is 0. The van der Waals surface area contributed by atoms with E-state index in [1.807, 2.05) is 0 Å². The molecule has 0 nitrogen and oxygen atoms in total. The van der Waals surface area contributed by atoms with Gasteiger partial charge in [-0.25, -0.2) is 0 Å². The molecule has 0 bridgehead atoms. The molecule has 0 heterocycles. The van der Waals surface area contributed by atoms with Gasteiger partial charge in [-0.15, -0.1) is 0 Å². The quantitative estimate of drug-likeness (QED) is 0.559. The Morgan fingerprint density at radius 3 is 2.00 bits per heavy atom. The minimum atomic E-state index is 0.268. The van der Waals surface area contributed by atoms with Crippen LogP contribution in [0.1, 0.15) is 38.2 Å². The summed E-state index contributed by atoms with van der Waals surface area (Å²) in [6.07, 6.45) is 2.52. The molecule has 1 rings (SSSR count). The molecule has 1 heteroatoms. The first-order valence-corrected chi connectivity index (χ1v) is 8.14. The molecule has 0 unspecified atom stereocenters. The number of hydrogen-bond acceptors (Lipinski definition) is 0. The zero-order valence-electron chi connectivity index (χ0n) is 8.68. The number of hydrogen-bond donors (Lipinski definition) is 0. The summed E-state index contributed by atoms with van der Waals surface area (Å²) in [4.78, 5) is 2.31. The molecule has 0 spiro atoms. The van der Waals surface area contributed by atoms with Crippen molar-refractivity contribution in [1.29, 1.82) is 0 Å². The van der Waals surface area contributed by atoms with Crippen LogP contribution in [0.5, 0.6) is 0 Å². The Balaban J connectivity index is 2.78. The second kappa shape index (κ2) is 5.63. The molecular weight excluding hydrogens is 271 g/mol. The van der Waals surface area contributed by atoms with Crippen molar-refractivity contribution in [3.05, 3.63) is 33.4 Å². The van der Waals surface area contributed by atoms with Crippen molar-refractivity contribution in [1.82, 2.24) is 0 Å². The third-order valence-electron chi connectivity index (χ3n) is 2.55. The molecule has 0 saturated heterocycles. The van der Waals surface area contributed by atoms with Crippen LogP contribution < -0.4 is 21.2 Å². The molecule has 0 amide bonds. The standard InChI is InChI=1S/C12H18I/c1-4-10(5-2)11-6-8-12(13-3)9-7-11/h6-10H,4-5H2,1-3H3/q-1. The van der Waals surface area contributed by atoms with Crippen LogP contribution in [0.4, 0.5) is 0 Å². The molecule has 0 radical (unpaired) electrons. The van der Waals surface area contributed by atoms with Gasteiger partial charge in [0, 0.05) is 0 Å². The third kappa shape index (κ3) is 2.97. The first-order valence-electron chi connectivity index (χ1n) is 4.91. The first-order chi connectivity index (χ1) is 6.31. The van der Waals surface area contributed by atoms with Crippen molar-refractivity contribution in [2.24, 2.45) is 0 Å². The summed E-state index contributed by atoms with van der Waals surface area (Å²) in [7, 11) is 0. The Hall–Kier alpha value is -0.0500. The van der Waals surface area contributed by atoms with E-state index in [4.69, 9.17) is 0 Å². The minimum absolute atomic E-state index is 0.268. The first kappa shape index (κ1) is 11.0. The summed E-state index contributed by atoms with van der Waals surface area (Å²) in [6.45, 7) is 4.55. The van der Waals surface area contributed by atoms with Gasteiger partial charge >= 0.3 is 92.1 Å². The maximum absolute atomic E-state index is 2.32. The molecule has 0 aliphatic heterocycles. The topological polar surface area (TPSA) is 0 Å². The predicted octanol–water partition coefficient (Wildman–Crippen LogP) is 0.479. The monoisotopic (exact) mass is 289 g/mol. The van der Waals surface area contributed by atoms with Gasteiger partial charge in [-0.3, -0.25) is 0 Å². The molecule has 0 atom stereocenters. The zero-order chi connectivity index (χ0) is 9.68. The van der Waals surface area contributed by atoms with E-state index in [0.29, 0.717) is 0 Å². The average molecular weight is 289 g/mol. The molecule has 0 aliphatic carbocycles. The van der Waals surface area contributed by atoms with Crippen molar-refractivity contribution >= 4 is 0 Å². The van der Waals surface area contributed by atoms with Gasteiger partial charge < -0.3 is 0 Å². The van der Waals surface area contributed by atoms with E-state index in [2.05, 4.69) is 43.0 Å². The molecule has 13 heavy (non-hydrogen) atoms. The summed E-state index contributed by atoms with van der Waals surface area (Å²) in [6, 6.07) is 9.24. The van der Waals surface area contributed by atoms with Gasteiger partial charge in [0.2, 0.25) is 0 Å². The van der Waals surface area contributed by atoms with Crippen molar-refractivity contribution in [2.45, 2.75) is 32.6 Å². The second-order valence-corrected chi connectivity index (χ2v) is 5.58.